The molecule has 0 aromatic carbocycles. The first-order valence-electron chi connectivity index (χ1n) is 8.49. The van der Waals surface area contributed by atoms with E-state index in [1.165, 1.54) is 0 Å². The fraction of sp³-hybridized carbons (Fsp3) is 0.875. The number of hydrogen-bond donors (Lipinski definition) is 4. The topological polar surface area (TPSA) is 69.6 Å². The highest BCUT2D eigenvalue weighted by Gasteiger charge is 2.08. The average molecular weight is 365 g/mol. The molecule has 0 rings (SSSR count). The first kappa shape index (κ1) is 22.6. The Balaban J connectivity index is 3.71. The molecule has 0 bridgehead atoms. The van der Waals surface area contributed by atoms with Crippen LogP contribution in [-0.4, -0.2) is 59.1 Å². The summed E-state index contributed by atoms with van der Waals surface area (Å²) in [5.41, 5.74) is 0. The second kappa shape index (κ2) is 15.1. The van der Waals surface area contributed by atoms with E-state index < -0.39 is 5.97 Å². The number of carbonyl (C=O) groups is 2. The smallest absolute Gasteiger partial charge is 0.304 e. The van der Waals surface area contributed by atoms with E-state index >= 15 is 0 Å². The Morgan fingerprint density at radius 2 is 1.87 bits per heavy atom. The van der Waals surface area contributed by atoms with Crippen molar-refractivity contribution in [2.24, 2.45) is 0 Å². The van der Waals surface area contributed by atoms with Gasteiger partial charge in [0.05, 0.1) is 6.42 Å². The lowest BCUT2D eigenvalue weighted by Crippen LogP contribution is -2.36. The van der Waals surface area contributed by atoms with Crippen LogP contribution in [0, 0.1) is 0 Å². The van der Waals surface area contributed by atoms with E-state index in [9.17, 15) is 9.59 Å². The predicted molar refractivity (Wildman–Crippen MR) is 102 cm³/mol. The SMILES string of the molecule is CCCN(CCNC(=O)CCCCC(S)CCS)CCC(=O)O. The van der Waals surface area contributed by atoms with E-state index in [1.807, 2.05) is 0 Å². The molecule has 0 heterocycles. The van der Waals surface area contributed by atoms with Crippen molar-refractivity contribution >= 4 is 37.1 Å². The van der Waals surface area contributed by atoms with Gasteiger partial charge in [-0.05, 0) is 38.0 Å². The van der Waals surface area contributed by atoms with E-state index in [2.05, 4.69) is 42.4 Å². The molecule has 0 aliphatic carbocycles. The molecule has 0 aromatic heterocycles. The molecular weight excluding hydrogens is 332 g/mol. The lowest BCUT2D eigenvalue weighted by atomic mass is 10.1. The molecule has 2 N–H and O–H groups in total. The van der Waals surface area contributed by atoms with Crippen molar-refractivity contribution in [3.05, 3.63) is 0 Å². The largest absolute Gasteiger partial charge is 0.481 e. The van der Waals surface area contributed by atoms with Gasteiger partial charge in [0.1, 0.15) is 0 Å². The monoisotopic (exact) mass is 364 g/mol. The summed E-state index contributed by atoms with van der Waals surface area (Å²) >= 11 is 8.66. The summed E-state index contributed by atoms with van der Waals surface area (Å²) in [4.78, 5) is 24.5. The van der Waals surface area contributed by atoms with Gasteiger partial charge in [0.2, 0.25) is 5.91 Å². The summed E-state index contributed by atoms with van der Waals surface area (Å²) in [6.07, 6.45) is 5.58. The van der Waals surface area contributed by atoms with E-state index in [0.29, 0.717) is 31.3 Å². The van der Waals surface area contributed by atoms with Crippen LogP contribution >= 0.6 is 25.3 Å². The molecule has 0 fully saturated rings. The van der Waals surface area contributed by atoms with E-state index in [1.54, 1.807) is 0 Å². The minimum Gasteiger partial charge on any atom is -0.481 e. The molecule has 5 nitrogen and oxygen atoms in total. The Morgan fingerprint density at radius 1 is 1.13 bits per heavy atom. The lowest BCUT2D eigenvalue weighted by Gasteiger charge is -2.20. The summed E-state index contributed by atoms with van der Waals surface area (Å²) < 4.78 is 0. The van der Waals surface area contributed by atoms with E-state index in [0.717, 1.165) is 44.4 Å². The number of hydrogen-bond acceptors (Lipinski definition) is 5. The highest BCUT2D eigenvalue weighted by atomic mass is 32.1. The van der Waals surface area contributed by atoms with Gasteiger partial charge in [-0.25, -0.2) is 0 Å². The molecule has 0 aromatic rings. The summed E-state index contributed by atoms with van der Waals surface area (Å²) in [5.74, 6) is 0.144. The molecular formula is C16H32N2O3S2. The first-order chi connectivity index (χ1) is 11.0. The van der Waals surface area contributed by atoms with Crippen LogP contribution in [0.3, 0.4) is 0 Å². The number of unbranched alkanes of at least 4 members (excludes halogenated alkanes) is 1. The zero-order valence-corrected chi connectivity index (χ0v) is 16.0. The number of nitrogens with zero attached hydrogens (tertiary/aromatic N) is 1. The average Bonchev–Trinajstić information content (AvgIpc) is 2.49. The number of carboxylic acids is 1. The van der Waals surface area contributed by atoms with Crippen molar-refractivity contribution in [2.75, 3.05) is 31.9 Å². The van der Waals surface area contributed by atoms with Gasteiger partial charge in [-0.3, -0.25) is 9.59 Å². The zero-order valence-electron chi connectivity index (χ0n) is 14.2. The molecule has 136 valence electrons. The molecule has 0 saturated heterocycles. The van der Waals surface area contributed by atoms with Crippen molar-refractivity contribution in [2.45, 2.75) is 57.1 Å². The number of thiol groups is 2. The van der Waals surface area contributed by atoms with Crippen molar-refractivity contribution < 1.29 is 14.7 Å². The normalized spacial score (nSPS) is 12.3. The quantitative estimate of drug-likeness (QED) is 0.266. The molecule has 1 atom stereocenters. The summed E-state index contributed by atoms with van der Waals surface area (Å²) in [5, 5.41) is 12.0. The van der Waals surface area contributed by atoms with E-state index in [4.69, 9.17) is 5.11 Å². The van der Waals surface area contributed by atoms with Crippen molar-refractivity contribution in [3.8, 4) is 0 Å². The third kappa shape index (κ3) is 14.9. The fourth-order valence-electron chi connectivity index (χ4n) is 2.31. The highest BCUT2D eigenvalue weighted by molar-refractivity contribution is 7.81. The maximum atomic E-state index is 11.8. The molecule has 1 amide bonds. The number of rotatable bonds is 15. The number of amides is 1. The number of nitrogens with one attached hydrogen (secondary N) is 1. The Labute approximate surface area is 151 Å². The van der Waals surface area contributed by atoms with Crippen molar-refractivity contribution in [3.63, 3.8) is 0 Å². The zero-order chi connectivity index (χ0) is 17.5. The van der Waals surface area contributed by atoms with Gasteiger partial charge in [-0.1, -0.05) is 13.3 Å². The Morgan fingerprint density at radius 3 is 2.48 bits per heavy atom. The minimum absolute atomic E-state index is 0.0737. The lowest BCUT2D eigenvalue weighted by molar-refractivity contribution is -0.137. The fourth-order valence-corrected chi connectivity index (χ4v) is 3.13. The highest BCUT2D eigenvalue weighted by Crippen LogP contribution is 2.12. The maximum absolute atomic E-state index is 11.8. The number of carboxylic acid groups (broad SMARTS) is 1. The van der Waals surface area contributed by atoms with Gasteiger partial charge in [0, 0.05) is 31.3 Å². The molecule has 7 heteroatoms. The minimum atomic E-state index is -0.782. The summed E-state index contributed by atoms with van der Waals surface area (Å²) in [6, 6.07) is 0. The van der Waals surface area contributed by atoms with Crippen LogP contribution < -0.4 is 5.32 Å². The number of aliphatic carboxylic acids is 1. The van der Waals surface area contributed by atoms with E-state index in [-0.39, 0.29) is 12.3 Å². The molecule has 0 aliphatic rings. The van der Waals surface area contributed by atoms with Crippen LogP contribution in [0.1, 0.15) is 51.9 Å². The first-order valence-corrected chi connectivity index (χ1v) is 9.64. The summed E-state index contributed by atoms with van der Waals surface area (Å²) in [7, 11) is 0. The molecule has 1 unspecified atom stereocenters. The van der Waals surface area contributed by atoms with Gasteiger partial charge in [-0.2, -0.15) is 25.3 Å². The number of carbonyl (C=O) groups excluding carboxylic acids is 1. The van der Waals surface area contributed by atoms with Crippen molar-refractivity contribution in [1.82, 2.24) is 10.2 Å². The predicted octanol–water partition coefficient (Wildman–Crippen LogP) is 2.47. The Kier molecular flexibility index (Phi) is 14.9. The van der Waals surface area contributed by atoms with Crippen LogP contribution in [-0.2, 0) is 9.59 Å². The third-order valence-corrected chi connectivity index (χ3v) is 4.36. The second-order valence-corrected chi connectivity index (χ2v) is 6.92. The van der Waals surface area contributed by atoms with Crippen LogP contribution in [0.5, 0.6) is 0 Å². The Bertz CT molecular complexity index is 330. The molecule has 0 saturated carbocycles. The van der Waals surface area contributed by atoms with Crippen LogP contribution in [0.4, 0.5) is 0 Å². The van der Waals surface area contributed by atoms with Gasteiger partial charge in [-0.15, -0.1) is 0 Å². The molecule has 23 heavy (non-hydrogen) atoms. The Hall–Kier alpha value is -0.400. The molecule has 0 aliphatic heterocycles. The van der Waals surface area contributed by atoms with Gasteiger partial charge in [0.25, 0.3) is 0 Å². The summed E-state index contributed by atoms with van der Waals surface area (Å²) in [6.45, 7) is 4.74. The second-order valence-electron chi connectivity index (χ2n) is 5.75. The van der Waals surface area contributed by atoms with Gasteiger partial charge >= 0.3 is 5.97 Å². The molecule has 0 spiro atoms. The van der Waals surface area contributed by atoms with Crippen LogP contribution in [0.25, 0.3) is 0 Å². The maximum Gasteiger partial charge on any atom is 0.304 e. The van der Waals surface area contributed by atoms with Gasteiger partial charge in [0.15, 0.2) is 0 Å². The standard InChI is InChI=1S/C16H32N2O3S2/c1-2-10-18(11-7-16(20)21)12-9-17-15(19)6-4-3-5-14(23)8-13-22/h14,22-23H,2-13H2,1H3,(H,17,19)(H,20,21). The third-order valence-electron chi connectivity index (χ3n) is 3.59. The van der Waals surface area contributed by atoms with Crippen molar-refractivity contribution in [1.29, 1.82) is 0 Å². The van der Waals surface area contributed by atoms with Crippen LogP contribution in [0.2, 0.25) is 0 Å². The van der Waals surface area contributed by atoms with Gasteiger partial charge < -0.3 is 15.3 Å². The molecule has 0 radical (unpaired) electrons. The van der Waals surface area contributed by atoms with Crippen LogP contribution in [0.15, 0.2) is 0 Å².